The van der Waals surface area contributed by atoms with Gasteiger partial charge in [0.2, 0.25) is 0 Å². The Morgan fingerprint density at radius 2 is 2.18 bits per heavy atom. The molecule has 0 amide bonds. The molecule has 4 rings (SSSR count). The number of sulfonamides is 1. The van der Waals surface area contributed by atoms with Crippen LogP contribution in [0.2, 0.25) is 0 Å². The van der Waals surface area contributed by atoms with Crippen LogP contribution in [0.1, 0.15) is 20.3 Å². The molecule has 3 heterocycles. The lowest BCUT2D eigenvalue weighted by atomic mass is 9.91. The number of hydrogen-bond donors (Lipinski definition) is 3. The highest BCUT2D eigenvalue weighted by Crippen LogP contribution is 2.37. The molecule has 0 spiro atoms. The van der Waals surface area contributed by atoms with E-state index in [2.05, 4.69) is 21.6 Å². The lowest BCUT2D eigenvalue weighted by Gasteiger charge is -2.51. The number of aliphatic hydroxyl groups is 1. The van der Waals surface area contributed by atoms with E-state index < -0.39 is 26.9 Å². The van der Waals surface area contributed by atoms with Crippen molar-refractivity contribution in [2.75, 3.05) is 18.5 Å². The number of quaternary nitrogens is 1. The summed E-state index contributed by atoms with van der Waals surface area (Å²) in [5.74, 6) is 0.609. The third kappa shape index (κ3) is 4.47. The zero-order valence-electron chi connectivity index (χ0n) is 18.6. The monoisotopic (exact) mass is 472 g/mol. The van der Waals surface area contributed by atoms with Gasteiger partial charge in [0.25, 0.3) is 10.0 Å². The highest BCUT2D eigenvalue weighted by molar-refractivity contribution is 7.90. The lowest BCUT2D eigenvalue weighted by Crippen LogP contribution is -2.60. The molecule has 1 aromatic carbocycles. The Bertz CT molecular complexity index is 1190. The van der Waals surface area contributed by atoms with Crippen LogP contribution in [0.5, 0.6) is 5.75 Å². The van der Waals surface area contributed by atoms with E-state index in [1.165, 1.54) is 12.3 Å². The van der Waals surface area contributed by atoms with Crippen LogP contribution in [0, 0.1) is 11.1 Å². The molecule has 3 atom stereocenters. The van der Waals surface area contributed by atoms with Gasteiger partial charge < -0.3 is 30.3 Å². The van der Waals surface area contributed by atoms with E-state index in [1.807, 2.05) is 13.8 Å². The van der Waals surface area contributed by atoms with Gasteiger partial charge in [0.1, 0.15) is 29.6 Å². The number of aliphatic hydroxyl groups excluding tert-OH is 1. The molecule has 0 saturated carbocycles. The molecule has 3 unspecified atom stereocenters. The van der Waals surface area contributed by atoms with Crippen molar-refractivity contribution < 1.29 is 22.9 Å². The number of benzene rings is 1. The molecule has 9 nitrogen and oxygen atoms in total. The second-order valence-electron chi connectivity index (χ2n) is 8.64. The van der Waals surface area contributed by atoms with E-state index in [1.54, 1.807) is 36.6 Å². The van der Waals surface area contributed by atoms with E-state index in [-0.39, 0.29) is 29.5 Å². The van der Waals surface area contributed by atoms with Crippen LogP contribution in [0.4, 0.5) is 5.69 Å². The van der Waals surface area contributed by atoms with Gasteiger partial charge in [0.15, 0.2) is 12.0 Å². The second-order valence-corrected chi connectivity index (χ2v) is 10.2. The van der Waals surface area contributed by atoms with Gasteiger partial charge in [-0.15, -0.1) is 4.40 Å². The summed E-state index contributed by atoms with van der Waals surface area (Å²) in [6, 6.07) is 4.59. The van der Waals surface area contributed by atoms with Gasteiger partial charge in [0.05, 0.1) is 17.8 Å². The Kier molecular flexibility index (Phi) is 6.19. The fourth-order valence-corrected chi connectivity index (χ4v) is 5.18. The molecule has 0 aliphatic carbocycles. The van der Waals surface area contributed by atoms with Crippen molar-refractivity contribution in [3.8, 4) is 5.75 Å². The molecule has 33 heavy (non-hydrogen) atoms. The van der Waals surface area contributed by atoms with Crippen molar-refractivity contribution in [2.45, 2.75) is 37.4 Å². The van der Waals surface area contributed by atoms with Crippen molar-refractivity contribution in [1.29, 1.82) is 0 Å². The van der Waals surface area contributed by atoms with Gasteiger partial charge in [-0.05, 0) is 30.5 Å². The first-order valence-corrected chi connectivity index (χ1v) is 12.2. The lowest BCUT2D eigenvalue weighted by molar-refractivity contribution is -0.856. The summed E-state index contributed by atoms with van der Waals surface area (Å²) in [7, 11) is -4.09. The Balaban J connectivity index is 1.75. The van der Waals surface area contributed by atoms with Gasteiger partial charge in [-0.2, -0.15) is 8.42 Å². The number of dihydropyridines is 1. The molecule has 0 saturated heterocycles. The summed E-state index contributed by atoms with van der Waals surface area (Å²) < 4.78 is 34.5. The predicted octanol–water partition coefficient (Wildman–Crippen LogP) is 2.75. The van der Waals surface area contributed by atoms with Crippen LogP contribution in [0.3, 0.4) is 0 Å². The first kappa shape index (κ1) is 23.2. The maximum absolute atomic E-state index is 13.9. The van der Waals surface area contributed by atoms with Crippen LogP contribution >= 0.6 is 0 Å². The SMILES string of the molecule is C=CCOc1ccc2c(c1)S(=O)(=O)N=C(C1=C[N+]([O-])(CCC(C)C)C3NC=CC=C3C1O)N2. The number of fused-ring (bicyclic) bond motifs is 2. The smallest absolute Gasteiger partial charge is 0.286 e. The number of rotatable bonds is 7. The van der Waals surface area contributed by atoms with Crippen molar-refractivity contribution >= 4 is 21.5 Å². The molecule has 0 bridgehead atoms. The Morgan fingerprint density at radius 1 is 1.39 bits per heavy atom. The number of ether oxygens (including phenoxy) is 1. The van der Waals surface area contributed by atoms with E-state index in [0.29, 0.717) is 29.3 Å². The minimum Gasteiger partial charge on any atom is -0.626 e. The molecule has 0 aromatic heterocycles. The third-order valence-corrected chi connectivity index (χ3v) is 7.07. The van der Waals surface area contributed by atoms with Crippen molar-refractivity contribution in [3.05, 3.63) is 71.8 Å². The number of hydrogen-bond acceptors (Lipinski definition) is 7. The van der Waals surface area contributed by atoms with Crippen molar-refractivity contribution in [1.82, 2.24) is 5.32 Å². The second kappa shape index (κ2) is 8.79. The maximum Gasteiger partial charge on any atom is 0.286 e. The largest absolute Gasteiger partial charge is 0.626 e. The number of hydroxylamine groups is 3. The molecular formula is C23H28N4O5S. The minimum atomic E-state index is -4.09. The predicted molar refractivity (Wildman–Crippen MR) is 127 cm³/mol. The normalized spacial score (nSPS) is 27.2. The molecular weight excluding hydrogens is 444 g/mol. The summed E-state index contributed by atoms with van der Waals surface area (Å²) in [6.07, 6.45) is 6.77. The highest BCUT2D eigenvalue weighted by Gasteiger charge is 2.44. The maximum atomic E-state index is 13.9. The van der Waals surface area contributed by atoms with E-state index in [0.717, 1.165) is 0 Å². The topological polar surface area (TPSA) is 123 Å². The van der Waals surface area contributed by atoms with Crippen LogP contribution in [0.25, 0.3) is 0 Å². The fourth-order valence-electron chi connectivity index (χ4n) is 4.03. The Morgan fingerprint density at radius 3 is 2.91 bits per heavy atom. The summed E-state index contributed by atoms with van der Waals surface area (Å²) in [5, 5.41) is 31.0. The Labute approximate surface area is 193 Å². The van der Waals surface area contributed by atoms with Crippen molar-refractivity contribution in [2.24, 2.45) is 10.3 Å². The summed E-state index contributed by atoms with van der Waals surface area (Å²) in [4.78, 5) is -0.0410. The fraction of sp³-hybridized carbons (Fsp3) is 0.348. The van der Waals surface area contributed by atoms with E-state index >= 15 is 0 Å². The summed E-state index contributed by atoms with van der Waals surface area (Å²) >= 11 is 0. The molecule has 0 radical (unpaired) electrons. The number of nitrogens with one attached hydrogen (secondary N) is 2. The number of anilines is 1. The molecule has 176 valence electrons. The summed E-state index contributed by atoms with van der Waals surface area (Å²) in [6.45, 7) is 8.14. The van der Waals surface area contributed by atoms with Crippen LogP contribution in [-0.2, 0) is 10.0 Å². The van der Waals surface area contributed by atoms with Gasteiger partial charge in [0, 0.05) is 17.8 Å². The van der Waals surface area contributed by atoms with Gasteiger partial charge >= 0.3 is 0 Å². The highest BCUT2D eigenvalue weighted by atomic mass is 32.2. The molecule has 10 heteroatoms. The van der Waals surface area contributed by atoms with Crippen molar-refractivity contribution in [3.63, 3.8) is 0 Å². The van der Waals surface area contributed by atoms with E-state index in [9.17, 15) is 18.7 Å². The van der Waals surface area contributed by atoms with Crippen LogP contribution < -0.4 is 15.4 Å². The molecule has 1 aromatic rings. The first-order chi connectivity index (χ1) is 15.6. The number of amidine groups is 1. The zero-order chi connectivity index (χ0) is 23.8. The molecule has 3 aliphatic heterocycles. The quantitative estimate of drug-likeness (QED) is 0.317. The number of allylic oxidation sites excluding steroid dienone is 2. The molecule has 0 fully saturated rings. The molecule has 3 N–H and O–H groups in total. The first-order valence-electron chi connectivity index (χ1n) is 10.8. The number of nitrogens with zero attached hydrogens (tertiary/aromatic N) is 2. The minimum absolute atomic E-state index is 0.0410. The van der Waals surface area contributed by atoms with Gasteiger partial charge in [-0.1, -0.05) is 32.6 Å². The van der Waals surface area contributed by atoms with E-state index in [4.69, 9.17) is 4.74 Å². The average molecular weight is 473 g/mol. The summed E-state index contributed by atoms with van der Waals surface area (Å²) in [5.41, 5.74) is 0.896. The zero-order valence-corrected chi connectivity index (χ0v) is 19.4. The van der Waals surface area contributed by atoms with Crippen LogP contribution in [0.15, 0.2) is 75.8 Å². The Hall–Kier alpha value is -2.92. The molecule has 3 aliphatic rings. The van der Waals surface area contributed by atoms with Crippen LogP contribution in [-0.4, -0.2) is 49.4 Å². The van der Waals surface area contributed by atoms with Gasteiger partial charge in [-0.25, -0.2) is 0 Å². The standard InChI is InChI=1S/C23H28N4O5S/c1-4-12-32-16-7-8-19-20(13-16)33(30,31)26-22(25-19)18-14-27(29,11-9-15(2)3)23-17(21(18)28)6-5-10-24-23/h4-8,10,13-15,21,23-24,28H,1,9,11-12H2,2-3H3,(H,25,26). The average Bonchev–Trinajstić information content (AvgIpc) is 2.79. The van der Waals surface area contributed by atoms with Gasteiger partial charge in [-0.3, -0.25) is 0 Å². The third-order valence-electron chi connectivity index (χ3n) is 5.75.